The highest BCUT2D eigenvalue weighted by molar-refractivity contribution is 7.99. The van der Waals surface area contributed by atoms with Gasteiger partial charge >= 0.3 is 0 Å². The summed E-state index contributed by atoms with van der Waals surface area (Å²) in [4.78, 5) is 25.6. The first kappa shape index (κ1) is 19.2. The molecule has 4 rings (SSSR count). The normalized spacial score (nSPS) is 24.0. The summed E-state index contributed by atoms with van der Waals surface area (Å²) in [6.07, 6.45) is 4.73. The second-order valence-electron chi connectivity index (χ2n) is 7.40. The zero-order chi connectivity index (χ0) is 19.9. The van der Waals surface area contributed by atoms with Gasteiger partial charge in [0.05, 0.1) is 28.8 Å². The van der Waals surface area contributed by atoms with E-state index in [-0.39, 0.29) is 33.8 Å². The number of ether oxygens (including phenoxy) is 1. The zero-order valence-corrected chi connectivity index (χ0v) is 16.3. The first-order valence-electron chi connectivity index (χ1n) is 9.19. The number of hydrogen-bond donors (Lipinski definition) is 3. The van der Waals surface area contributed by atoms with Gasteiger partial charge in [-0.25, -0.2) is 14.4 Å². The summed E-state index contributed by atoms with van der Waals surface area (Å²) in [6.45, 7) is 4.07. The monoisotopic (exact) mass is 406 g/mol. The van der Waals surface area contributed by atoms with Crippen molar-refractivity contribution in [1.29, 1.82) is 0 Å². The van der Waals surface area contributed by atoms with E-state index >= 15 is 0 Å². The minimum Gasteiger partial charge on any atom is -0.381 e. The van der Waals surface area contributed by atoms with Gasteiger partial charge in [0.1, 0.15) is 0 Å². The molecular weight excluding hydrogens is 383 g/mol. The number of rotatable bonds is 3. The van der Waals surface area contributed by atoms with Crippen LogP contribution in [-0.2, 0) is 4.74 Å². The van der Waals surface area contributed by atoms with Crippen LogP contribution >= 0.6 is 11.8 Å². The Bertz CT molecular complexity index is 931. The van der Waals surface area contributed by atoms with Gasteiger partial charge in [-0.15, -0.1) is 0 Å². The number of halogens is 1. The van der Waals surface area contributed by atoms with Crippen LogP contribution in [0.25, 0.3) is 0 Å². The SMILES string of the molecule is C[C@@H]1OCC2(CCN(c3ncc(Sc4ccnc(N)c4F)[nH]c3=O)CC2)[C@@H]1N. The Labute approximate surface area is 165 Å². The second-order valence-corrected chi connectivity index (χ2v) is 8.49. The van der Waals surface area contributed by atoms with Crippen molar-refractivity contribution in [3.8, 4) is 0 Å². The smallest absolute Gasteiger partial charge is 0.291 e. The van der Waals surface area contributed by atoms with Crippen molar-refractivity contribution < 1.29 is 9.13 Å². The van der Waals surface area contributed by atoms with E-state index in [0.717, 1.165) is 24.6 Å². The Morgan fingerprint density at radius 2 is 2.14 bits per heavy atom. The number of hydrogen-bond acceptors (Lipinski definition) is 8. The lowest BCUT2D eigenvalue weighted by Gasteiger charge is -2.41. The molecule has 2 aliphatic rings. The van der Waals surface area contributed by atoms with Crippen molar-refractivity contribution >= 4 is 23.4 Å². The molecule has 0 bridgehead atoms. The van der Waals surface area contributed by atoms with E-state index in [4.69, 9.17) is 16.2 Å². The molecule has 2 atom stereocenters. The second kappa shape index (κ2) is 7.34. The molecule has 2 aliphatic heterocycles. The summed E-state index contributed by atoms with van der Waals surface area (Å²) in [6, 6.07) is 1.52. The fourth-order valence-corrected chi connectivity index (χ4v) is 4.74. The first-order valence-corrected chi connectivity index (χ1v) is 10.0. The highest BCUT2D eigenvalue weighted by Crippen LogP contribution is 2.41. The number of nitrogen functional groups attached to an aromatic ring is 1. The van der Waals surface area contributed by atoms with Crippen LogP contribution in [0.3, 0.4) is 0 Å². The summed E-state index contributed by atoms with van der Waals surface area (Å²) in [5.74, 6) is -0.417. The average Bonchev–Trinajstić information content (AvgIpc) is 2.95. The molecular formula is C18H23FN6O2S. The predicted molar refractivity (Wildman–Crippen MR) is 105 cm³/mol. The fraction of sp³-hybridized carbons (Fsp3) is 0.500. The van der Waals surface area contributed by atoms with E-state index in [0.29, 0.717) is 30.5 Å². The molecule has 2 saturated heterocycles. The van der Waals surface area contributed by atoms with Gasteiger partial charge in [0, 0.05) is 30.7 Å². The topological polar surface area (TPSA) is 123 Å². The maximum atomic E-state index is 14.0. The van der Waals surface area contributed by atoms with E-state index < -0.39 is 5.82 Å². The van der Waals surface area contributed by atoms with E-state index in [1.54, 1.807) is 0 Å². The molecule has 2 aromatic rings. The van der Waals surface area contributed by atoms with Gasteiger partial charge in [-0.1, -0.05) is 11.8 Å². The summed E-state index contributed by atoms with van der Waals surface area (Å²) in [7, 11) is 0. The number of H-pyrrole nitrogens is 1. The van der Waals surface area contributed by atoms with Crippen LogP contribution < -0.4 is 21.9 Å². The Kier molecular flexibility index (Phi) is 5.02. The average molecular weight is 406 g/mol. The molecule has 0 unspecified atom stereocenters. The Morgan fingerprint density at radius 3 is 2.79 bits per heavy atom. The van der Waals surface area contributed by atoms with Gasteiger partial charge in [0.25, 0.3) is 5.56 Å². The maximum absolute atomic E-state index is 14.0. The molecule has 4 heterocycles. The summed E-state index contributed by atoms with van der Waals surface area (Å²) in [5, 5.41) is 0.437. The maximum Gasteiger partial charge on any atom is 0.291 e. The molecule has 0 amide bonds. The van der Waals surface area contributed by atoms with Crippen molar-refractivity contribution in [1.82, 2.24) is 15.0 Å². The minimum atomic E-state index is -0.608. The summed E-state index contributed by atoms with van der Waals surface area (Å²) < 4.78 is 19.8. The van der Waals surface area contributed by atoms with Gasteiger partial charge in [0.15, 0.2) is 17.5 Å². The van der Waals surface area contributed by atoms with Gasteiger partial charge < -0.3 is 26.1 Å². The van der Waals surface area contributed by atoms with Crippen LogP contribution in [0.1, 0.15) is 19.8 Å². The molecule has 0 saturated carbocycles. The molecule has 0 aromatic carbocycles. The molecule has 1 spiro atoms. The number of anilines is 2. The molecule has 0 aliphatic carbocycles. The molecule has 2 aromatic heterocycles. The van der Waals surface area contributed by atoms with Crippen LogP contribution in [0.5, 0.6) is 0 Å². The number of nitrogens with zero attached hydrogens (tertiary/aromatic N) is 3. The summed E-state index contributed by atoms with van der Waals surface area (Å²) in [5.41, 5.74) is 11.5. The predicted octanol–water partition coefficient (Wildman–Crippen LogP) is 1.37. The van der Waals surface area contributed by atoms with Crippen LogP contribution in [0, 0.1) is 11.2 Å². The van der Waals surface area contributed by atoms with E-state index in [2.05, 4.69) is 15.0 Å². The molecule has 0 radical (unpaired) electrons. The molecule has 150 valence electrons. The number of pyridine rings is 1. The van der Waals surface area contributed by atoms with Crippen LogP contribution in [-0.4, -0.2) is 46.8 Å². The Morgan fingerprint density at radius 1 is 1.39 bits per heavy atom. The number of aromatic amines is 1. The van der Waals surface area contributed by atoms with Gasteiger partial charge in [0.2, 0.25) is 0 Å². The lowest BCUT2D eigenvalue weighted by Crippen LogP contribution is -2.51. The van der Waals surface area contributed by atoms with Crippen molar-refractivity contribution in [2.24, 2.45) is 11.1 Å². The van der Waals surface area contributed by atoms with Crippen LogP contribution in [0.15, 0.2) is 33.2 Å². The first-order chi connectivity index (χ1) is 13.4. The summed E-state index contributed by atoms with van der Waals surface area (Å²) >= 11 is 1.05. The van der Waals surface area contributed by atoms with Crippen LogP contribution in [0.4, 0.5) is 16.0 Å². The van der Waals surface area contributed by atoms with E-state index in [1.165, 1.54) is 18.5 Å². The van der Waals surface area contributed by atoms with Crippen molar-refractivity contribution in [3.05, 3.63) is 34.6 Å². The quantitative estimate of drug-likeness (QED) is 0.698. The largest absolute Gasteiger partial charge is 0.381 e. The molecule has 8 nitrogen and oxygen atoms in total. The number of aromatic nitrogens is 3. The number of nitrogens with two attached hydrogens (primary N) is 2. The van der Waals surface area contributed by atoms with Crippen molar-refractivity contribution in [3.63, 3.8) is 0 Å². The van der Waals surface area contributed by atoms with Gasteiger partial charge in [-0.05, 0) is 25.8 Å². The Balaban J connectivity index is 1.47. The third-order valence-corrected chi connectivity index (χ3v) is 6.71. The number of nitrogens with one attached hydrogen (secondary N) is 1. The zero-order valence-electron chi connectivity index (χ0n) is 15.5. The minimum absolute atomic E-state index is 0.0161. The van der Waals surface area contributed by atoms with Crippen molar-refractivity contribution in [2.45, 2.75) is 41.8 Å². The van der Waals surface area contributed by atoms with E-state index in [9.17, 15) is 9.18 Å². The lowest BCUT2D eigenvalue weighted by atomic mass is 9.73. The highest BCUT2D eigenvalue weighted by atomic mass is 32.2. The van der Waals surface area contributed by atoms with E-state index in [1.807, 2.05) is 11.8 Å². The lowest BCUT2D eigenvalue weighted by molar-refractivity contribution is 0.0974. The third kappa shape index (κ3) is 3.36. The van der Waals surface area contributed by atoms with Gasteiger partial charge in [-0.2, -0.15) is 0 Å². The Hall–Kier alpha value is -2.17. The molecule has 10 heteroatoms. The fourth-order valence-electron chi connectivity index (χ4n) is 3.93. The highest BCUT2D eigenvalue weighted by Gasteiger charge is 2.47. The number of piperidine rings is 1. The standard InChI is InChI=1S/C18H23FN6O2S/c1-10-14(20)18(9-27-10)3-6-25(7-4-18)16-17(26)24-12(8-23-16)28-11-2-5-22-15(21)13(11)19/h2,5,8,10,14H,3-4,6-7,9,20H2,1H3,(H2,21,22)(H,24,26)/t10-,14+/m0/s1. The van der Waals surface area contributed by atoms with Crippen molar-refractivity contribution in [2.75, 3.05) is 30.3 Å². The third-order valence-electron chi connectivity index (χ3n) is 5.75. The molecule has 2 fully saturated rings. The van der Waals surface area contributed by atoms with Gasteiger partial charge in [-0.3, -0.25) is 4.79 Å². The molecule has 28 heavy (non-hydrogen) atoms. The van der Waals surface area contributed by atoms with Crippen LogP contribution in [0.2, 0.25) is 0 Å². The molecule has 5 N–H and O–H groups in total.